The molecule has 18 heavy (non-hydrogen) atoms. The van der Waals surface area contributed by atoms with E-state index >= 15 is 0 Å². The van der Waals surface area contributed by atoms with Gasteiger partial charge >= 0.3 is 0 Å². The zero-order valence-electron chi connectivity index (χ0n) is 9.99. The molecule has 94 valence electrons. The first-order valence-corrected chi connectivity index (χ1v) is 7.30. The van der Waals surface area contributed by atoms with Gasteiger partial charge in [0.25, 0.3) is 0 Å². The lowest BCUT2D eigenvalue weighted by atomic mass is 9.99. The summed E-state index contributed by atoms with van der Waals surface area (Å²) < 4.78 is 1.18. The highest BCUT2D eigenvalue weighted by Gasteiger charge is 2.19. The van der Waals surface area contributed by atoms with Crippen molar-refractivity contribution in [1.29, 1.82) is 0 Å². The van der Waals surface area contributed by atoms with Crippen molar-refractivity contribution in [2.24, 2.45) is 0 Å². The first-order chi connectivity index (χ1) is 8.84. The molecule has 0 amide bonds. The van der Waals surface area contributed by atoms with E-state index in [0.717, 1.165) is 30.3 Å². The van der Waals surface area contributed by atoms with Crippen molar-refractivity contribution < 1.29 is 0 Å². The normalized spacial score (nSPS) is 19.9. The molecule has 0 saturated carbocycles. The summed E-state index contributed by atoms with van der Waals surface area (Å²) >= 11 is 2.32. The summed E-state index contributed by atoms with van der Waals surface area (Å²) in [6, 6.07) is 8.20. The average Bonchev–Trinajstić information content (AvgIpc) is 2.90. The fourth-order valence-electron chi connectivity index (χ4n) is 2.31. The molecule has 1 aromatic carbocycles. The highest BCUT2D eigenvalue weighted by molar-refractivity contribution is 14.1. The third-order valence-electron chi connectivity index (χ3n) is 3.30. The van der Waals surface area contributed by atoms with E-state index in [9.17, 15) is 0 Å². The van der Waals surface area contributed by atoms with Crippen LogP contribution in [0.1, 0.15) is 24.6 Å². The van der Waals surface area contributed by atoms with Gasteiger partial charge in [-0.25, -0.2) is 4.98 Å². The maximum Gasteiger partial charge on any atom is 0.182 e. The Balaban J connectivity index is 1.87. The lowest BCUT2D eigenvalue weighted by Crippen LogP contribution is -2.28. The number of halogens is 1. The van der Waals surface area contributed by atoms with Crippen molar-refractivity contribution in [3.8, 4) is 11.4 Å². The fourth-order valence-corrected chi connectivity index (χ4v) is 2.93. The van der Waals surface area contributed by atoms with Crippen LogP contribution in [0.5, 0.6) is 0 Å². The van der Waals surface area contributed by atoms with Gasteiger partial charge in [-0.15, -0.1) is 0 Å². The molecule has 1 fully saturated rings. The zero-order valence-corrected chi connectivity index (χ0v) is 12.1. The van der Waals surface area contributed by atoms with Crippen LogP contribution in [0.25, 0.3) is 11.4 Å². The van der Waals surface area contributed by atoms with Gasteiger partial charge in [0.15, 0.2) is 5.82 Å². The molecule has 0 spiro atoms. The molecule has 1 aliphatic rings. The number of hydrogen-bond donors (Lipinski definition) is 2. The second kappa shape index (κ2) is 5.36. The molecule has 0 bridgehead atoms. The Labute approximate surface area is 120 Å². The van der Waals surface area contributed by atoms with Crippen LogP contribution in [-0.2, 0) is 0 Å². The summed E-state index contributed by atoms with van der Waals surface area (Å²) in [5, 5.41) is 10.9. The second-order valence-electron chi connectivity index (χ2n) is 4.57. The van der Waals surface area contributed by atoms with Gasteiger partial charge < -0.3 is 5.32 Å². The van der Waals surface area contributed by atoms with Crippen molar-refractivity contribution in [2.75, 3.05) is 13.1 Å². The Morgan fingerprint density at radius 3 is 2.94 bits per heavy atom. The number of piperidine rings is 1. The van der Waals surface area contributed by atoms with Crippen molar-refractivity contribution in [3.63, 3.8) is 0 Å². The van der Waals surface area contributed by atoms with Gasteiger partial charge in [-0.2, -0.15) is 5.10 Å². The lowest BCUT2D eigenvalue weighted by molar-refractivity contribution is 0.447. The number of benzene rings is 1. The molecule has 1 unspecified atom stereocenters. The Morgan fingerprint density at radius 2 is 2.17 bits per heavy atom. The molecular weight excluding hydrogens is 339 g/mol. The van der Waals surface area contributed by atoms with Gasteiger partial charge in [-0.1, -0.05) is 18.2 Å². The van der Waals surface area contributed by atoms with Crippen LogP contribution in [-0.4, -0.2) is 28.3 Å². The number of hydrogen-bond acceptors (Lipinski definition) is 3. The maximum atomic E-state index is 4.65. The minimum Gasteiger partial charge on any atom is -0.316 e. The van der Waals surface area contributed by atoms with E-state index in [1.165, 1.54) is 16.4 Å². The molecule has 1 aliphatic heterocycles. The second-order valence-corrected chi connectivity index (χ2v) is 5.73. The Morgan fingerprint density at radius 1 is 1.28 bits per heavy atom. The van der Waals surface area contributed by atoms with Gasteiger partial charge in [0.05, 0.1) is 0 Å². The zero-order chi connectivity index (χ0) is 12.4. The predicted octanol–water partition coefficient (Wildman–Crippen LogP) is 2.54. The molecule has 1 aromatic heterocycles. The molecule has 1 saturated heterocycles. The summed E-state index contributed by atoms with van der Waals surface area (Å²) in [5.41, 5.74) is 1.10. The number of aromatic nitrogens is 3. The number of nitrogens with one attached hydrogen (secondary N) is 2. The monoisotopic (exact) mass is 354 g/mol. The third kappa shape index (κ3) is 2.42. The molecular formula is C13H15IN4. The van der Waals surface area contributed by atoms with Crippen molar-refractivity contribution in [3.05, 3.63) is 33.7 Å². The molecule has 1 atom stereocenters. The highest BCUT2D eigenvalue weighted by atomic mass is 127. The third-order valence-corrected chi connectivity index (χ3v) is 4.24. The Bertz CT molecular complexity index is 531. The first-order valence-electron chi connectivity index (χ1n) is 6.22. The van der Waals surface area contributed by atoms with Gasteiger partial charge in [0.2, 0.25) is 0 Å². The standard InChI is InChI=1S/C13H15IN4/c14-11-6-2-1-5-10(11)13-16-12(17-18-13)9-4-3-7-15-8-9/h1-2,5-6,9,15H,3-4,7-8H2,(H,16,17,18). The minimum atomic E-state index is 0.473. The van der Waals surface area contributed by atoms with Crippen LogP contribution in [0.2, 0.25) is 0 Å². The number of rotatable bonds is 2. The van der Waals surface area contributed by atoms with Crippen LogP contribution in [0, 0.1) is 3.57 Å². The van der Waals surface area contributed by atoms with Crippen LogP contribution in [0.4, 0.5) is 0 Å². The molecule has 0 radical (unpaired) electrons. The van der Waals surface area contributed by atoms with Gasteiger partial charge in [0, 0.05) is 21.6 Å². The van der Waals surface area contributed by atoms with E-state index in [2.05, 4.69) is 55.2 Å². The Kier molecular flexibility index (Phi) is 3.60. The molecule has 2 N–H and O–H groups in total. The average molecular weight is 354 g/mol. The summed E-state index contributed by atoms with van der Waals surface area (Å²) in [4.78, 5) is 4.65. The van der Waals surface area contributed by atoms with Crippen LogP contribution < -0.4 is 5.32 Å². The van der Waals surface area contributed by atoms with E-state index in [1.807, 2.05) is 12.1 Å². The summed E-state index contributed by atoms with van der Waals surface area (Å²) in [7, 11) is 0. The van der Waals surface area contributed by atoms with E-state index in [1.54, 1.807) is 0 Å². The smallest absolute Gasteiger partial charge is 0.182 e. The summed E-state index contributed by atoms with van der Waals surface area (Å²) in [6.45, 7) is 2.12. The summed E-state index contributed by atoms with van der Waals surface area (Å²) in [5.74, 6) is 2.29. The van der Waals surface area contributed by atoms with Crippen LogP contribution >= 0.6 is 22.6 Å². The number of nitrogens with zero attached hydrogens (tertiary/aromatic N) is 2. The van der Waals surface area contributed by atoms with Crippen LogP contribution in [0.15, 0.2) is 24.3 Å². The molecule has 0 aliphatic carbocycles. The molecule has 2 aromatic rings. The predicted molar refractivity (Wildman–Crippen MR) is 79.4 cm³/mol. The molecule has 3 rings (SSSR count). The SMILES string of the molecule is Ic1ccccc1-c1n[nH]c(C2CCCNC2)n1. The quantitative estimate of drug-likeness (QED) is 0.815. The number of aromatic amines is 1. The molecule has 4 nitrogen and oxygen atoms in total. The molecule has 2 heterocycles. The van der Waals surface area contributed by atoms with E-state index < -0.39 is 0 Å². The minimum absolute atomic E-state index is 0.473. The van der Waals surface area contributed by atoms with Crippen molar-refractivity contribution >= 4 is 22.6 Å². The highest BCUT2D eigenvalue weighted by Crippen LogP contribution is 2.25. The van der Waals surface area contributed by atoms with Crippen LogP contribution in [0.3, 0.4) is 0 Å². The number of H-pyrrole nitrogens is 1. The van der Waals surface area contributed by atoms with E-state index in [-0.39, 0.29) is 0 Å². The first kappa shape index (κ1) is 12.1. The fraction of sp³-hybridized carbons (Fsp3) is 0.385. The van der Waals surface area contributed by atoms with E-state index in [4.69, 9.17) is 0 Å². The lowest BCUT2D eigenvalue weighted by Gasteiger charge is -2.20. The van der Waals surface area contributed by atoms with Crippen molar-refractivity contribution in [1.82, 2.24) is 20.5 Å². The maximum absolute atomic E-state index is 4.65. The van der Waals surface area contributed by atoms with Gasteiger partial charge in [-0.05, 0) is 48.0 Å². The van der Waals surface area contributed by atoms with Gasteiger partial charge in [-0.3, -0.25) is 5.10 Å². The van der Waals surface area contributed by atoms with E-state index in [0.29, 0.717) is 5.92 Å². The molecule has 5 heteroatoms. The van der Waals surface area contributed by atoms with Crippen molar-refractivity contribution in [2.45, 2.75) is 18.8 Å². The van der Waals surface area contributed by atoms with Gasteiger partial charge in [0.1, 0.15) is 5.82 Å². The topological polar surface area (TPSA) is 53.6 Å². The largest absolute Gasteiger partial charge is 0.316 e. The summed E-state index contributed by atoms with van der Waals surface area (Å²) in [6.07, 6.45) is 2.40. The Hall–Kier alpha value is -0.950.